The molecule has 10 heteroatoms. The second-order valence-electron chi connectivity index (χ2n) is 14.8. The number of halogens is 1. The number of aliphatic carboxylic acids is 1. The molecule has 0 amide bonds. The Morgan fingerprint density at radius 3 is 2.66 bits per heavy atom. The smallest absolute Gasteiger partial charge is 0.306 e. The lowest BCUT2D eigenvalue weighted by Crippen LogP contribution is -2.39. The molecule has 4 atom stereocenters. The van der Waals surface area contributed by atoms with Crippen molar-refractivity contribution in [2.45, 2.75) is 102 Å². The van der Waals surface area contributed by atoms with Gasteiger partial charge in [-0.1, -0.05) is 32.9 Å². The lowest BCUT2D eigenvalue weighted by atomic mass is 9.70. The molecule has 3 N–H and O–H groups in total. The highest BCUT2D eigenvalue weighted by Gasteiger charge is 2.36. The number of carbonyl (C=O) groups is 1. The van der Waals surface area contributed by atoms with E-state index >= 15 is 0 Å². The standard InChI is InChI=1S/C37H52FN7O2/c1-5-31(25-11-13-26(14-12-25)35(46)47)41-36-42-32-15-16-37(3,28-9-6-10-29(38)18-28)19-30(32)34(43-36)40-33(27-20-39-44(4)22-27)23-45-17-7-8-24(2)21-45/h6,9-10,18,20,22,24-26,31,33H,5,7-8,11-17,19,21,23H2,1-4H3,(H,46,47)(H2,40,41,42,43)/t24-,25?,26?,31+,33-,37+/m0/s1. The third-order valence-electron chi connectivity index (χ3n) is 11.2. The van der Waals surface area contributed by atoms with Crippen molar-refractivity contribution in [3.63, 3.8) is 0 Å². The predicted octanol–water partition coefficient (Wildman–Crippen LogP) is 6.76. The maximum absolute atomic E-state index is 14.4. The molecule has 47 heavy (non-hydrogen) atoms. The minimum atomic E-state index is -0.675. The zero-order valence-corrected chi connectivity index (χ0v) is 28.5. The molecule has 0 spiro atoms. The van der Waals surface area contributed by atoms with Gasteiger partial charge in [-0.2, -0.15) is 10.1 Å². The highest BCUT2D eigenvalue weighted by molar-refractivity contribution is 5.70. The lowest BCUT2D eigenvalue weighted by molar-refractivity contribution is -0.143. The van der Waals surface area contributed by atoms with Crippen LogP contribution in [0.5, 0.6) is 0 Å². The van der Waals surface area contributed by atoms with Crippen LogP contribution >= 0.6 is 0 Å². The van der Waals surface area contributed by atoms with E-state index in [1.165, 1.54) is 18.9 Å². The number of rotatable bonds is 11. The number of nitrogens with zero attached hydrogens (tertiary/aromatic N) is 5. The van der Waals surface area contributed by atoms with Crippen molar-refractivity contribution < 1.29 is 14.3 Å². The highest BCUT2D eigenvalue weighted by atomic mass is 19.1. The van der Waals surface area contributed by atoms with Crippen LogP contribution in [0.3, 0.4) is 0 Å². The fourth-order valence-corrected chi connectivity index (χ4v) is 8.31. The van der Waals surface area contributed by atoms with E-state index in [1.807, 2.05) is 24.0 Å². The van der Waals surface area contributed by atoms with Gasteiger partial charge in [0.25, 0.3) is 0 Å². The van der Waals surface area contributed by atoms with Gasteiger partial charge in [0.05, 0.1) is 23.9 Å². The maximum atomic E-state index is 14.4. The number of benzene rings is 1. The second-order valence-corrected chi connectivity index (χ2v) is 14.8. The minimum absolute atomic E-state index is 0.0172. The van der Waals surface area contributed by atoms with Crippen molar-refractivity contribution >= 4 is 17.7 Å². The SMILES string of the molecule is CC[C@@H](Nc1nc2c(c(N[C@@H](CN3CCC[C@H](C)C3)c3cnn(C)c3)n1)C[C@](C)(c1cccc(F)c1)CC2)C1CCC(C(=O)O)CC1. The predicted molar refractivity (Wildman–Crippen MR) is 183 cm³/mol. The van der Waals surface area contributed by atoms with Gasteiger partial charge in [-0.15, -0.1) is 0 Å². The first-order valence-corrected chi connectivity index (χ1v) is 17.7. The van der Waals surface area contributed by atoms with E-state index in [4.69, 9.17) is 9.97 Å². The molecule has 3 heterocycles. The molecule has 0 radical (unpaired) electrons. The molecule has 1 aliphatic heterocycles. The van der Waals surface area contributed by atoms with E-state index < -0.39 is 5.97 Å². The number of fused-ring (bicyclic) bond motifs is 1. The van der Waals surface area contributed by atoms with Gasteiger partial charge in [-0.05, 0) is 106 Å². The Morgan fingerprint density at radius 2 is 1.98 bits per heavy atom. The molecule has 9 nitrogen and oxygen atoms in total. The van der Waals surface area contributed by atoms with Gasteiger partial charge in [-0.25, -0.2) is 9.37 Å². The maximum Gasteiger partial charge on any atom is 0.306 e. The van der Waals surface area contributed by atoms with E-state index in [9.17, 15) is 14.3 Å². The summed E-state index contributed by atoms with van der Waals surface area (Å²) in [6, 6.07) is 7.18. The number of nitrogens with one attached hydrogen (secondary N) is 2. The number of carboxylic acids is 1. The van der Waals surface area contributed by atoms with Gasteiger partial charge >= 0.3 is 5.97 Å². The summed E-state index contributed by atoms with van der Waals surface area (Å²) in [4.78, 5) is 24.5. The monoisotopic (exact) mass is 645 g/mol. The Morgan fingerprint density at radius 1 is 1.17 bits per heavy atom. The Balaban J connectivity index is 1.33. The number of hydrogen-bond donors (Lipinski definition) is 3. The van der Waals surface area contributed by atoms with E-state index in [0.717, 1.165) is 92.8 Å². The van der Waals surface area contributed by atoms with Crippen LogP contribution in [0, 0.1) is 23.6 Å². The van der Waals surface area contributed by atoms with Crippen LogP contribution in [-0.2, 0) is 30.1 Å². The van der Waals surface area contributed by atoms with E-state index in [0.29, 0.717) is 24.2 Å². The van der Waals surface area contributed by atoms with Gasteiger partial charge in [0.2, 0.25) is 5.95 Å². The lowest BCUT2D eigenvalue weighted by Gasteiger charge is -2.38. The number of aromatic nitrogens is 4. The van der Waals surface area contributed by atoms with Gasteiger partial charge in [0.15, 0.2) is 0 Å². The normalized spacial score (nSPS) is 26.3. The van der Waals surface area contributed by atoms with Crippen molar-refractivity contribution in [2.75, 3.05) is 30.3 Å². The molecule has 2 aromatic heterocycles. The molecular weight excluding hydrogens is 593 g/mol. The number of aryl methyl sites for hydroxylation is 2. The minimum Gasteiger partial charge on any atom is -0.481 e. The van der Waals surface area contributed by atoms with E-state index in [-0.39, 0.29) is 29.2 Å². The molecule has 0 bridgehead atoms. The summed E-state index contributed by atoms with van der Waals surface area (Å²) in [6.07, 6.45) is 13.0. The third-order valence-corrected chi connectivity index (χ3v) is 11.2. The Kier molecular flexibility index (Phi) is 10.2. The summed E-state index contributed by atoms with van der Waals surface area (Å²) in [5.41, 5.74) is 4.03. The molecule has 0 unspecified atom stereocenters. The fraction of sp³-hybridized carbons (Fsp3) is 0.622. The summed E-state index contributed by atoms with van der Waals surface area (Å²) in [5, 5.41) is 21.7. The zero-order chi connectivity index (χ0) is 33.1. The van der Waals surface area contributed by atoms with E-state index in [1.54, 1.807) is 12.1 Å². The first kappa shape index (κ1) is 33.4. The quantitative estimate of drug-likeness (QED) is 0.210. The molecule has 6 rings (SSSR count). The van der Waals surface area contributed by atoms with Crippen LogP contribution in [-0.4, -0.2) is 61.4 Å². The number of carboxylic acid groups (broad SMARTS) is 1. The molecule has 1 aromatic carbocycles. The van der Waals surface area contributed by atoms with Crippen molar-refractivity contribution in [3.05, 3.63) is 64.9 Å². The number of likely N-dealkylation sites (tertiary alicyclic amines) is 1. The molecule has 3 aliphatic rings. The van der Waals surface area contributed by atoms with Crippen LogP contribution in [0.25, 0.3) is 0 Å². The van der Waals surface area contributed by atoms with Gasteiger partial charge in [-0.3, -0.25) is 9.48 Å². The van der Waals surface area contributed by atoms with Crippen LogP contribution < -0.4 is 10.6 Å². The van der Waals surface area contributed by atoms with Crippen LogP contribution in [0.15, 0.2) is 36.7 Å². The summed E-state index contributed by atoms with van der Waals surface area (Å²) in [7, 11) is 1.96. The summed E-state index contributed by atoms with van der Waals surface area (Å²) >= 11 is 0. The summed E-state index contributed by atoms with van der Waals surface area (Å²) in [6.45, 7) is 9.76. The van der Waals surface area contributed by atoms with Crippen molar-refractivity contribution in [2.24, 2.45) is 24.8 Å². The van der Waals surface area contributed by atoms with Crippen LogP contribution in [0.1, 0.15) is 101 Å². The number of piperidine rings is 1. The van der Waals surface area contributed by atoms with Crippen molar-refractivity contribution in [1.82, 2.24) is 24.6 Å². The second kappa shape index (κ2) is 14.3. The molecule has 3 aromatic rings. The zero-order valence-electron chi connectivity index (χ0n) is 28.5. The average molecular weight is 646 g/mol. The molecule has 1 saturated heterocycles. The first-order valence-electron chi connectivity index (χ1n) is 17.7. The van der Waals surface area contributed by atoms with Gasteiger partial charge in [0.1, 0.15) is 11.6 Å². The number of anilines is 2. The van der Waals surface area contributed by atoms with E-state index in [2.05, 4.69) is 47.6 Å². The summed E-state index contributed by atoms with van der Waals surface area (Å²) in [5.74, 6) is 1.40. The Labute approximate surface area is 278 Å². The molecule has 2 aliphatic carbocycles. The largest absolute Gasteiger partial charge is 0.481 e. The van der Waals surface area contributed by atoms with Crippen LogP contribution in [0.4, 0.5) is 16.2 Å². The summed E-state index contributed by atoms with van der Waals surface area (Å²) < 4.78 is 16.3. The topological polar surface area (TPSA) is 108 Å². The highest BCUT2D eigenvalue weighted by Crippen LogP contribution is 2.42. The molecular formula is C37H52FN7O2. The first-order chi connectivity index (χ1) is 22.6. The molecule has 2 fully saturated rings. The Hall–Kier alpha value is -3.53. The van der Waals surface area contributed by atoms with Crippen molar-refractivity contribution in [3.8, 4) is 0 Å². The van der Waals surface area contributed by atoms with Crippen molar-refractivity contribution in [1.29, 1.82) is 0 Å². The Bertz CT molecular complexity index is 1540. The molecule has 254 valence electrons. The van der Waals surface area contributed by atoms with Gasteiger partial charge < -0.3 is 20.6 Å². The fourth-order valence-electron chi connectivity index (χ4n) is 8.31. The number of hydrogen-bond acceptors (Lipinski definition) is 7. The van der Waals surface area contributed by atoms with Gasteiger partial charge in [0, 0.05) is 43.5 Å². The third kappa shape index (κ3) is 7.79. The average Bonchev–Trinajstić information content (AvgIpc) is 3.50. The molecule has 1 saturated carbocycles. The van der Waals surface area contributed by atoms with Crippen LogP contribution in [0.2, 0.25) is 0 Å².